The number of anilines is 1. The van der Waals surface area contributed by atoms with Gasteiger partial charge in [-0.1, -0.05) is 18.2 Å². The molecule has 4 heteroatoms. The molecule has 0 radical (unpaired) electrons. The van der Waals surface area contributed by atoms with E-state index in [-0.39, 0.29) is 0 Å². The van der Waals surface area contributed by atoms with Crippen LogP contribution in [0, 0.1) is 6.92 Å². The number of para-hydroxylation sites is 1. The number of hydrogen-bond donors (Lipinski definition) is 1. The van der Waals surface area contributed by atoms with Crippen LogP contribution in [0.2, 0.25) is 0 Å². The Balaban J connectivity index is 1.83. The van der Waals surface area contributed by atoms with Gasteiger partial charge in [0.2, 0.25) is 0 Å². The smallest absolute Gasteiger partial charge is 0.122 e. The van der Waals surface area contributed by atoms with E-state index in [1.54, 1.807) is 11.8 Å². The molecule has 0 saturated heterocycles. The average Bonchev–Trinajstić information content (AvgIpc) is 2.38. The van der Waals surface area contributed by atoms with E-state index < -0.39 is 0 Å². The number of nitrogen functional groups attached to an aromatic ring is 1. The first-order valence-corrected chi connectivity index (χ1v) is 7.81. The van der Waals surface area contributed by atoms with Gasteiger partial charge >= 0.3 is 0 Å². The maximum absolute atomic E-state index is 5.76. The van der Waals surface area contributed by atoms with Gasteiger partial charge in [0.25, 0.3) is 0 Å². The molecule has 0 bridgehead atoms. The van der Waals surface area contributed by atoms with E-state index in [9.17, 15) is 0 Å². The summed E-state index contributed by atoms with van der Waals surface area (Å²) in [6.07, 6.45) is 0. The van der Waals surface area contributed by atoms with Crippen molar-refractivity contribution in [2.75, 3.05) is 18.1 Å². The zero-order valence-corrected chi connectivity index (χ0v) is 13.1. The van der Waals surface area contributed by atoms with Gasteiger partial charge in [-0.25, -0.2) is 0 Å². The van der Waals surface area contributed by atoms with Crippen molar-refractivity contribution >= 4 is 33.4 Å². The molecule has 0 spiro atoms. The lowest BCUT2D eigenvalue weighted by Gasteiger charge is -2.09. The molecule has 0 atom stereocenters. The molecule has 2 aromatic carbocycles. The molecule has 2 nitrogen and oxygen atoms in total. The molecule has 0 unspecified atom stereocenters. The van der Waals surface area contributed by atoms with Gasteiger partial charge in [0.15, 0.2) is 0 Å². The fourth-order valence-electron chi connectivity index (χ4n) is 1.66. The molecular weight excluding hydrogens is 322 g/mol. The second-order valence-corrected chi connectivity index (χ2v) is 6.14. The van der Waals surface area contributed by atoms with Gasteiger partial charge in [0.1, 0.15) is 5.75 Å². The monoisotopic (exact) mass is 337 g/mol. The second-order valence-electron chi connectivity index (χ2n) is 4.15. The fourth-order valence-corrected chi connectivity index (χ4v) is 3.14. The van der Waals surface area contributed by atoms with Gasteiger partial charge in [0, 0.05) is 20.8 Å². The molecule has 0 aliphatic heterocycles. The third-order valence-electron chi connectivity index (χ3n) is 2.65. The molecule has 0 aliphatic rings. The largest absolute Gasteiger partial charge is 0.492 e. The fraction of sp³-hybridized carbons (Fsp3) is 0.200. The van der Waals surface area contributed by atoms with E-state index >= 15 is 0 Å². The van der Waals surface area contributed by atoms with Crippen LogP contribution in [0.5, 0.6) is 5.75 Å². The summed E-state index contributed by atoms with van der Waals surface area (Å²) in [5.41, 5.74) is 7.65. The van der Waals surface area contributed by atoms with Crippen molar-refractivity contribution in [1.82, 2.24) is 0 Å². The van der Waals surface area contributed by atoms with Gasteiger partial charge in [-0.05, 0) is 52.7 Å². The van der Waals surface area contributed by atoms with Crippen LogP contribution in [0.15, 0.2) is 51.8 Å². The van der Waals surface area contributed by atoms with Crippen molar-refractivity contribution in [2.24, 2.45) is 0 Å². The molecule has 0 amide bonds. The molecule has 2 aromatic rings. The number of rotatable bonds is 5. The minimum absolute atomic E-state index is 0.687. The minimum atomic E-state index is 0.687. The number of benzene rings is 2. The molecule has 2 N–H and O–H groups in total. The highest BCUT2D eigenvalue weighted by atomic mass is 79.9. The number of hydrogen-bond acceptors (Lipinski definition) is 3. The SMILES string of the molecule is Cc1ccccc1OCCSc1ccc(N)cc1Br. The number of aryl methyl sites for hydroxylation is 1. The topological polar surface area (TPSA) is 35.2 Å². The lowest BCUT2D eigenvalue weighted by atomic mass is 10.2. The minimum Gasteiger partial charge on any atom is -0.492 e. The van der Waals surface area contributed by atoms with Crippen LogP contribution in [0.4, 0.5) is 5.69 Å². The maximum atomic E-state index is 5.76. The van der Waals surface area contributed by atoms with Crippen molar-refractivity contribution in [3.8, 4) is 5.75 Å². The van der Waals surface area contributed by atoms with Crippen molar-refractivity contribution in [2.45, 2.75) is 11.8 Å². The normalized spacial score (nSPS) is 10.4. The average molecular weight is 338 g/mol. The van der Waals surface area contributed by atoms with Gasteiger partial charge in [0.05, 0.1) is 6.61 Å². The lowest BCUT2D eigenvalue weighted by molar-refractivity contribution is 0.341. The number of nitrogens with two attached hydrogens (primary N) is 1. The third-order valence-corrected chi connectivity index (χ3v) is 4.60. The Morgan fingerprint density at radius 1 is 1.21 bits per heavy atom. The third kappa shape index (κ3) is 4.18. The summed E-state index contributed by atoms with van der Waals surface area (Å²) < 4.78 is 6.80. The van der Waals surface area contributed by atoms with Crippen LogP contribution in [-0.4, -0.2) is 12.4 Å². The van der Waals surface area contributed by atoms with E-state index in [0.717, 1.165) is 21.7 Å². The van der Waals surface area contributed by atoms with E-state index in [0.29, 0.717) is 6.61 Å². The predicted octanol–water partition coefficient (Wildman–Crippen LogP) is 4.51. The highest BCUT2D eigenvalue weighted by Gasteiger charge is 2.02. The van der Waals surface area contributed by atoms with Gasteiger partial charge in [-0.15, -0.1) is 11.8 Å². The van der Waals surface area contributed by atoms with Crippen molar-refractivity contribution in [3.05, 3.63) is 52.5 Å². The zero-order valence-electron chi connectivity index (χ0n) is 10.7. The number of ether oxygens (including phenoxy) is 1. The summed E-state index contributed by atoms with van der Waals surface area (Å²) >= 11 is 5.27. The summed E-state index contributed by atoms with van der Waals surface area (Å²) in [6, 6.07) is 13.9. The Morgan fingerprint density at radius 3 is 2.74 bits per heavy atom. The quantitative estimate of drug-likeness (QED) is 0.495. The molecule has 100 valence electrons. The van der Waals surface area contributed by atoms with Crippen molar-refractivity contribution in [1.29, 1.82) is 0 Å². The first-order valence-electron chi connectivity index (χ1n) is 6.03. The Kier molecular flexibility index (Phi) is 5.16. The highest BCUT2D eigenvalue weighted by Crippen LogP contribution is 2.29. The second kappa shape index (κ2) is 6.87. The van der Waals surface area contributed by atoms with E-state index in [4.69, 9.17) is 10.5 Å². The van der Waals surface area contributed by atoms with Crippen LogP contribution in [0.1, 0.15) is 5.56 Å². The van der Waals surface area contributed by atoms with Crippen LogP contribution in [0.25, 0.3) is 0 Å². The highest BCUT2D eigenvalue weighted by molar-refractivity contribution is 9.10. The molecule has 0 saturated carbocycles. The van der Waals surface area contributed by atoms with Gasteiger partial charge in [-0.3, -0.25) is 0 Å². The summed E-state index contributed by atoms with van der Waals surface area (Å²) in [5, 5.41) is 0. The van der Waals surface area contributed by atoms with Gasteiger partial charge in [-0.2, -0.15) is 0 Å². The summed E-state index contributed by atoms with van der Waals surface area (Å²) in [6.45, 7) is 2.74. The van der Waals surface area contributed by atoms with Crippen LogP contribution in [-0.2, 0) is 0 Å². The Hall–Kier alpha value is -1.13. The number of thioether (sulfide) groups is 1. The molecule has 0 aliphatic carbocycles. The standard InChI is InChI=1S/C15H16BrNOS/c1-11-4-2-3-5-14(11)18-8-9-19-15-7-6-12(17)10-13(15)16/h2-7,10H,8-9,17H2,1H3. The van der Waals surface area contributed by atoms with Crippen LogP contribution >= 0.6 is 27.7 Å². The Bertz CT molecular complexity index is 560. The summed E-state index contributed by atoms with van der Waals surface area (Å²) in [7, 11) is 0. The predicted molar refractivity (Wildman–Crippen MR) is 86.0 cm³/mol. The zero-order chi connectivity index (χ0) is 13.7. The number of halogens is 1. The van der Waals surface area contributed by atoms with Gasteiger partial charge < -0.3 is 10.5 Å². The van der Waals surface area contributed by atoms with E-state index in [1.807, 2.05) is 36.4 Å². The molecule has 0 aromatic heterocycles. The summed E-state index contributed by atoms with van der Waals surface area (Å²) in [5.74, 6) is 1.86. The molecular formula is C15H16BrNOS. The first kappa shape index (κ1) is 14.3. The lowest BCUT2D eigenvalue weighted by Crippen LogP contribution is -2.01. The maximum Gasteiger partial charge on any atom is 0.122 e. The molecule has 2 rings (SSSR count). The Morgan fingerprint density at radius 2 is 2.00 bits per heavy atom. The first-order chi connectivity index (χ1) is 9.16. The van der Waals surface area contributed by atoms with E-state index in [1.165, 1.54) is 10.5 Å². The van der Waals surface area contributed by atoms with Crippen LogP contribution < -0.4 is 10.5 Å². The van der Waals surface area contributed by atoms with Crippen molar-refractivity contribution < 1.29 is 4.74 Å². The van der Waals surface area contributed by atoms with E-state index in [2.05, 4.69) is 28.9 Å². The molecule has 0 fully saturated rings. The van der Waals surface area contributed by atoms with Crippen LogP contribution in [0.3, 0.4) is 0 Å². The molecule has 19 heavy (non-hydrogen) atoms. The molecule has 0 heterocycles. The summed E-state index contributed by atoms with van der Waals surface area (Å²) in [4.78, 5) is 1.18. The van der Waals surface area contributed by atoms with Crippen molar-refractivity contribution in [3.63, 3.8) is 0 Å². The Labute approximate surface area is 126 Å².